The van der Waals surface area contributed by atoms with Crippen LogP contribution in [0.4, 0.5) is 5.95 Å². The van der Waals surface area contributed by atoms with Crippen molar-refractivity contribution < 1.29 is 0 Å². The van der Waals surface area contributed by atoms with Crippen LogP contribution >= 0.6 is 11.6 Å². The van der Waals surface area contributed by atoms with Crippen LogP contribution in [0, 0.1) is 5.92 Å². The fourth-order valence-electron chi connectivity index (χ4n) is 2.31. The van der Waals surface area contributed by atoms with Gasteiger partial charge in [-0.2, -0.15) is 0 Å². The molecule has 17 heavy (non-hydrogen) atoms. The van der Waals surface area contributed by atoms with Gasteiger partial charge in [0.25, 0.3) is 0 Å². The van der Waals surface area contributed by atoms with Gasteiger partial charge in [-0.3, -0.25) is 0 Å². The average Bonchev–Trinajstić information content (AvgIpc) is 2.27. The first-order chi connectivity index (χ1) is 8.33. The van der Waals surface area contributed by atoms with E-state index in [1.54, 1.807) is 0 Å². The van der Waals surface area contributed by atoms with E-state index in [-0.39, 0.29) is 0 Å². The molecule has 0 radical (unpaired) electrons. The van der Waals surface area contributed by atoms with Gasteiger partial charge >= 0.3 is 0 Å². The molecular formula is C12H17ClN4. The van der Waals surface area contributed by atoms with Crippen molar-refractivity contribution in [1.29, 1.82) is 0 Å². The first kappa shape index (κ1) is 11.2. The summed E-state index contributed by atoms with van der Waals surface area (Å²) in [7, 11) is 0. The van der Waals surface area contributed by atoms with Gasteiger partial charge in [-0.15, -0.1) is 0 Å². The van der Waals surface area contributed by atoms with Crippen molar-refractivity contribution in [3.05, 3.63) is 16.4 Å². The second-order valence-corrected chi connectivity index (χ2v) is 5.23. The van der Waals surface area contributed by atoms with Crippen molar-refractivity contribution in [2.75, 3.05) is 18.4 Å². The van der Waals surface area contributed by atoms with E-state index in [4.69, 9.17) is 11.6 Å². The summed E-state index contributed by atoms with van der Waals surface area (Å²) < 4.78 is 0. The normalized spacial score (nSPS) is 19.6. The SMILES string of the molecule is Clc1nc(NCC2CCC2)nc2c1CNCC2. The summed E-state index contributed by atoms with van der Waals surface area (Å²) >= 11 is 6.18. The van der Waals surface area contributed by atoms with Gasteiger partial charge in [0.1, 0.15) is 5.15 Å². The highest BCUT2D eigenvalue weighted by atomic mass is 35.5. The predicted octanol–water partition coefficient (Wildman–Crippen LogP) is 1.99. The van der Waals surface area contributed by atoms with Crippen LogP contribution in [0.25, 0.3) is 0 Å². The van der Waals surface area contributed by atoms with E-state index in [0.717, 1.165) is 43.2 Å². The summed E-state index contributed by atoms with van der Waals surface area (Å²) in [5.41, 5.74) is 2.16. The molecule has 0 unspecified atom stereocenters. The molecule has 3 rings (SSSR count). The van der Waals surface area contributed by atoms with Crippen molar-refractivity contribution in [3.8, 4) is 0 Å². The zero-order valence-electron chi connectivity index (χ0n) is 9.80. The Labute approximate surface area is 106 Å². The minimum atomic E-state index is 0.596. The van der Waals surface area contributed by atoms with Gasteiger partial charge in [-0.05, 0) is 18.8 Å². The van der Waals surface area contributed by atoms with E-state index < -0.39 is 0 Å². The molecule has 0 amide bonds. The largest absolute Gasteiger partial charge is 0.354 e. The molecule has 2 N–H and O–H groups in total. The second-order valence-electron chi connectivity index (χ2n) is 4.87. The number of fused-ring (bicyclic) bond motifs is 1. The Hall–Kier alpha value is -0.870. The van der Waals surface area contributed by atoms with Crippen molar-refractivity contribution in [1.82, 2.24) is 15.3 Å². The maximum Gasteiger partial charge on any atom is 0.224 e. The summed E-state index contributed by atoms with van der Waals surface area (Å²) in [5, 5.41) is 7.19. The third kappa shape index (κ3) is 2.38. The number of hydrogen-bond acceptors (Lipinski definition) is 4. The Kier molecular flexibility index (Phi) is 3.16. The average molecular weight is 253 g/mol. The van der Waals surface area contributed by atoms with Crippen molar-refractivity contribution >= 4 is 17.5 Å². The zero-order chi connectivity index (χ0) is 11.7. The topological polar surface area (TPSA) is 49.8 Å². The van der Waals surface area contributed by atoms with E-state index in [9.17, 15) is 0 Å². The number of halogens is 1. The fourth-order valence-corrected chi connectivity index (χ4v) is 2.57. The number of rotatable bonds is 3. The molecule has 1 aromatic heterocycles. The van der Waals surface area contributed by atoms with Crippen LogP contribution in [0.1, 0.15) is 30.5 Å². The third-order valence-electron chi connectivity index (χ3n) is 3.66. The quantitative estimate of drug-likeness (QED) is 0.808. The number of hydrogen-bond donors (Lipinski definition) is 2. The third-order valence-corrected chi connectivity index (χ3v) is 3.97. The monoisotopic (exact) mass is 252 g/mol. The van der Waals surface area contributed by atoms with Crippen molar-refractivity contribution in [3.63, 3.8) is 0 Å². The van der Waals surface area contributed by atoms with Gasteiger partial charge in [0.15, 0.2) is 0 Å². The molecule has 92 valence electrons. The molecular weight excluding hydrogens is 236 g/mol. The molecule has 2 heterocycles. The second kappa shape index (κ2) is 4.78. The smallest absolute Gasteiger partial charge is 0.224 e. The van der Waals surface area contributed by atoms with Crippen LogP contribution in [0.2, 0.25) is 5.15 Å². The van der Waals surface area contributed by atoms with E-state index >= 15 is 0 Å². The molecule has 0 spiro atoms. The highest BCUT2D eigenvalue weighted by molar-refractivity contribution is 6.30. The molecule has 1 aliphatic carbocycles. The lowest BCUT2D eigenvalue weighted by molar-refractivity contribution is 0.333. The Bertz CT molecular complexity index is 417. The van der Waals surface area contributed by atoms with Gasteiger partial charge in [0.2, 0.25) is 5.95 Å². The number of aromatic nitrogens is 2. The van der Waals surface area contributed by atoms with Crippen LogP contribution in [0.5, 0.6) is 0 Å². The first-order valence-corrected chi connectivity index (χ1v) is 6.70. The molecule has 5 heteroatoms. The lowest BCUT2D eigenvalue weighted by Gasteiger charge is -2.25. The molecule has 4 nitrogen and oxygen atoms in total. The summed E-state index contributed by atoms with van der Waals surface area (Å²) in [6.07, 6.45) is 4.96. The molecule has 1 aromatic rings. The van der Waals surface area contributed by atoms with Gasteiger partial charge in [0, 0.05) is 31.6 Å². The number of anilines is 1. The van der Waals surface area contributed by atoms with Crippen LogP contribution in [-0.4, -0.2) is 23.1 Å². The molecule has 1 saturated carbocycles. The zero-order valence-corrected chi connectivity index (χ0v) is 10.6. The molecule has 0 bridgehead atoms. The van der Waals surface area contributed by atoms with E-state index in [2.05, 4.69) is 20.6 Å². The summed E-state index contributed by atoms with van der Waals surface area (Å²) in [6.45, 7) is 2.74. The Morgan fingerprint density at radius 2 is 2.24 bits per heavy atom. The van der Waals surface area contributed by atoms with Crippen molar-refractivity contribution in [2.24, 2.45) is 5.92 Å². The van der Waals surface area contributed by atoms with E-state index in [1.807, 2.05) is 0 Å². The van der Waals surface area contributed by atoms with Gasteiger partial charge in [-0.25, -0.2) is 9.97 Å². The number of nitrogens with zero attached hydrogens (tertiary/aromatic N) is 2. The molecule has 1 aliphatic heterocycles. The van der Waals surface area contributed by atoms with Gasteiger partial charge in [-0.1, -0.05) is 18.0 Å². The minimum Gasteiger partial charge on any atom is -0.354 e. The van der Waals surface area contributed by atoms with Gasteiger partial charge < -0.3 is 10.6 Å². The van der Waals surface area contributed by atoms with Crippen LogP contribution in [0.15, 0.2) is 0 Å². The fraction of sp³-hybridized carbons (Fsp3) is 0.667. The Balaban J connectivity index is 1.73. The van der Waals surface area contributed by atoms with Crippen LogP contribution in [-0.2, 0) is 13.0 Å². The van der Waals surface area contributed by atoms with Gasteiger partial charge in [0.05, 0.1) is 5.69 Å². The summed E-state index contributed by atoms with van der Waals surface area (Å²) in [4.78, 5) is 8.88. The standard InChI is InChI=1S/C12H17ClN4/c13-11-9-7-14-5-4-10(9)16-12(17-11)15-6-8-2-1-3-8/h8,14H,1-7H2,(H,15,16,17). The maximum absolute atomic E-state index is 6.18. The lowest BCUT2D eigenvalue weighted by atomic mass is 9.85. The minimum absolute atomic E-state index is 0.596. The Morgan fingerprint density at radius 3 is 3.00 bits per heavy atom. The summed E-state index contributed by atoms with van der Waals surface area (Å²) in [6, 6.07) is 0. The highest BCUT2D eigenvalue weighted by Crippen LogP contribution is 2.27. The molecule has 0 aromatic carbocycles. The lowest BCUT2D eigenvalue weighted by Crippen LogP contribution is -2.27. The molecule has 1 fully saturated rings. The van der Waals surface area contributed by atoms with Crippen LogP contribution in [0.3, 0.4) is 0 Å². The molecule has 0 atom stereocenters. The van der Waals surface area contributed by atoms with E-state index in [0.29, 0.717) is 11.1 Å². The molecule has 2 aliphatic rings. The number of nitrogens with one attached hydrogen (secondary N) is 2. The van der Waals surface area contributed by atoms with Crippen LogP contribution < -0.4 is 10.6 Å². The van der Waals surface area contributed by atoms with Crippen molar-refractivity contribution in [2.45, 2.75) is 32.2 Å². The maximum atomic E-state index is 6.18. The highest BCUT2D eigenvalue weighted by Gasteiger charge is 2.19. The first-order valence-electron chi connectivity index (χ1n) is 6.33. The Morgan fingerprint density at radius 1 is 1.35 bits per heavy atom. The van der Waals surface area contributed by atoms with E-state index in [1.165, 1.54) is 19.3 Å². The predicted molar refractivity (Wildman–Crippen MR) is 68.3 cm³/mol. The summed E-state index contributed by atoms with van der Waals surface area (Å²) in [5.74, 6) is 1.50. The molecule has 0 saturated heterocycles.